The standard InChI is InChI=1S/C94H67N3Si2/c1-8-31-68(32-9-1)73-41-26-46-78(59-73)94-95-90(67-93(96-94)97-91-57-24-22-55-88(91)89-56-23-25-58-92(89)97)79-64-86(98(80-47-18-6-19-48-80,82-51-27-42-74(60-82)69-33-10-2-11-34-69)83-52-28-43-75(61-83)70-35-12-3-13-36-70)66-87(65-79)99(81-49-20-7-21-50-81,84-53-29-44-76(62-84)71-37-14-4-15-38-71)85-54-30-45-77(63-85)72-39-16-5-17-40-72/h1-67H. The van der Waals surface area contributed by atoms with Gasteiger partial charge >= 0.3 is 0 Å². The number of nitrogens with zero attached hydrogens (tertiary/aromatic N) is 3. The normalized spacial score (nSPS) is 11.6. The third-order valence-electron chi connectivity index (χ3n) is 19.9. The Bertz CT molecular complexity index is 5270. The summed E-state index contributed by atoms with van der Waals surface area (Å²) in [4.78, 5) is 11.7. The summed E-state index contributed by atoms with van der Waals surface area (Å²) in [6.45, 7) is 0. The molecule has 0 aliphatic heterocycles. The molecule has 0 radical (unpaired) electrons. The molecule has 15 aromatic carbocycles. The maximum atomic E-state index is 5.98. The zero-order chi connectivity index (χ0) is 66.0. The van der Waals surface area contributed by atoms with Crippen LogP contribution < -0.4 is 41.5 Å². The van der Waals surface area contributed by atoms with Crippen molar-refractivity contribution < 1.29 is 0 Å². The molecule has 5 heteroatoms. The average molecular weight is 1290 g/mol. The molecule has 99 heavy (non-hydrogen) atoms. The molecule has 17 aromatic rings. The van der Waals surface area contributed by atoms with Crippen LogP contribution in [0.3, 0.4) is 0 Å². The summed E-state index contributed by atoms with van der Waals surface area (Å²) in [5, 5.41) is 12.4. The molecule has 0 saturated carbocycles. The van der Waals surface area contributed by atoms with E-state index in [1.54, 1.807) is 0 Å². The fraction of sp³-hybridized carbons (Fsp3) is 0. The summed E-state index contributed by atoms with van der Waals surface area (Å²) in [7, 11) is -7.24. The van der Waals surface area contributed by atoms with Gasteiger partial charge in [-0.3, -0.25) is 4.57 Å². The largest absolute Gasteiger partial charge is 0.294 e. The molecular formula is C94H67N3Si2. The number of hydrogen-bond acceptors (Lipinski definition) is 2. The van der Waals surface area contributed by atoms with E-state index in [1.165, 1.54) is 41.5 Å². The molecule has 0 fully saturated rings. The molecule has 2 aromatic heterocycles. The molecule has 0 aliphatic rings. The second-order valence-corrected chi connectivity index (χ2v) is 33.2. The second kappa shape index (κ2) is 26.3. The first-order valence-electron chi connectivity index (χ1n) is 34.0. The summed E-state index contributed by atoms with van der Waals surface area (Å²) in [5.74, 6) is 1.41. The summed E-state index contributed by atoms with van der Waals surface area (Å²) >= 11 is 0. The monoisotopic (exact) mass is 1290 g/mol. The van der Waals surface area contributed by atoms with Gasteiger partial charge in [-0.2, -0.15) is 0 Å². The quantitative estimate of drug-likeness (QED) is 0.0713. The van der Waals surface area contributed by atoms with Crippen LogP contribution in [0.1, 0.15) is 0 Å². The summed E-state index contributed by atoms with van der Waals surface area (Å²) in [6.07, 6.45) is 0. The van der Waals surface area contributed by atoms with E-state index in [4.69, 9.17) is 9.97 Å². The average Bonchev–Trinajstić information content (AvgIpc) is 1.27. The molecule has 0 bridgehead atoms. The van der Waals surface area contributed by atoms with E-state index in [-0.39, 0.29) is 0 Å². The lowest BCUT2D eigenvalue weighted by molar-refractivity contribution is 1.05. The van der Waals surface area contributed by atoms with Gasteiger partial charge in [0.15, 0.2) is 22.0 Å². The van der Waals surface area contributed by atoms with Crippen molar-refractivity contribution >= 4 is 79.4 Å². The second-order valence-electron chi connectivity index (χ2n) is 25.6. The molecule has 2 heterocycles. The van der Waals surface area contributed by atoms with Gasteiger partial charge in [-0.05, 0) is 115 Å². The van der Waals surface area contributed by atoms with Crippen LogP contribution in [0.2, 0.25) is 0 Å². The number of benzene rings is 15. The number of para-hydroxylation sites is 2. The van der Waals surface area contributed by atoms with Crippen LogP contribution >= 0.6 is 0 Å². The lowest BCUT2D eigenvalue weighted by Crippen LogP contribution is -2.78. The van der Waals surface area contributed by atoms with Gasteiger partial charge in [0, 0.05) is 28.0 Å². The van der Waals surface area contributed by atoms with Crippen LogP contribution in [0.15, 0.2) is 406 Å². The Morgan fingerprint density at radius 1 is 0.182 bits per heavy atom. The highest BCUT2D eigenvalue weighted by molar-refractivity contribution is 7.22. The molecule has 0 aliphatic carbocycles. The third-order valence-corrected chi connectivity index (χ3v) is 29.3. The molecular weight excluding hydrogens is 1230 g/mol. The van der Waals surface area contributed by atoms with Crippen molar-refractivity contribution in [2.24, 2.45) is 0 Å². The van der Waals surface area contributed by atoms with Crippen LogP contribution in [0.4, 0.5) is 0 Å². The Kier molecular flexibility index (Phi) is 16.0. The zero-order valence-corrected chi connectivity index (χ0v) is 56.5. The highest BCUT2D eigenvalue weighted by atomic mass is 28.3. The Morgan fingerprint density at radius 2 is 0.455 bits per heavy atom. The van der Waals surface area contributed by atoms with E-state index in [9.17, 15) is 0 Å². The first-order valence-corrected chi connectivity index (χ1v) is 38.0. The predicted octanol–water partition coefficient (Wildman–Crippen LogP) is 18.0. The SMILES string of the molecule is c1ccc(-c2cccc(-c3nc(-c4cc([Si](c5ccccc5)(c5cccc(-c6ccccc6)c5)c5cccc(-c6ccccc6)c5)cc([Si](c5ccccc5)(c5cccc(-c6ccccc6)c5)c5cccc(-c6ccccc6)c5)c4)cc(-n4c5ccccc5c5ccccc54)n3)c2)cc1. The van der Waals surface area contributed by atoms with Crippen molar-refractivity contribution in [3.8, 4) is 84.1 Å². The molecule has 0 N–H and O–H groups in total. The van der Waals surface area contributed by atoms with Gasteiger partial charge in [0.1, 0.15) is 5.82 Å². The molecule has 0 amide bonds. The van der Waals surface area contributed by atoms with Gasteiger partial charge in [-0.1, -0.05) is 382 Å². The lowest BCUT2D eigenvalue weighted by atomic mass is 10.0. The molecule has 0 saturated heterocycles. The highest BCUT2D eigenvalue weighted by Gasteiger charge is 2.47. The van der Waals surface area contributed by atoms with E-state index in [0.29, 0.717) is 5.82 Å². The van der Waals surface area contributed by atoms with E-state index < -0.39 is 16.1 Å². The lowest BCUT2D eigenvalue weighted by Gasteiger charge is -2.39. The van der Waals surface area contributed by atoms with Crippen LogP contribution in [0, 0.1) is 0 Å². The van der Waals surface area contributed by atoms with E-state index >= 15 is 0 Å². The number of rotatable bonds is 16. The van der Waals surface area contributed by atoms with E-state index in [1.807, 2.05) is 0 Å². The fourth-order valence-electron chi connectivity index (χ4n) is 15.3. The Balaban J connectivity index is 1.06. The van der Waals surface area contributed by atoms with Crippen molar-refractivity contribution in [2.45, 2.75) is 0 Å². The molecule has 0 atom stereocenters. The summed E-state index contributed by atoms with van der Waals surface area (Å²) < 4.78 is 2.35. The minimum Gasteiger partial charge on any atom is -0.294 e. The summed E-state index contributed by atoms with van der Waals surface area (Å²) in [5.41, 5.74) is 16.4. The van der Waals surface area contributed by atoms with Gasteiger partial charge in [-0.25, -0.2) is 9.97 Å². The van der Waals surface area contributed by atoms with Crippen LogP contribution in [-0.2, 0) is 0 Å². The molecule has 0 unspecified atom stereocenters. The molecule has 3 nitrogen and oxygen atoms in total. The Morgan fingerprint density at radius 3 is 0.818 bits per heavy atom. The minimum absolute atomic E-state index is 0.629. The maximum Gasteiger partial charge on any atom is 0.179 e. The Labute approximate surface area is 580 Å². The highest BCUT2D eigenvalue weighted by Crippen LogP contribution is 2.36. The molecule has 0 spiro atoms. The fourth-order valence-corrected chi connectivity index (χ4v) is 25.2. The van der Waals surface area contributed by atoms with Crippen molar-refractivity contribution in [1.82, 2.24) is 14.5 Å². The van der Waals surface area contributed by atoms with Crippen LogP contribution in [0.5, 0.6) is 0 Å². The first-order chi connectivity index (χ1) is 49.1. The zero-order valence-electron chi connectivity index (χ0n) is 54.5. The van der Waals surface area contributed by atoms with E-state index in [0.717, 1.165) is 100 Å². The van der Waals surface area contributed by atoms with Crippen molar-refractivity contribution in [2.75, 3.05) is 0 Å². The third kappa shape index (κ3) is 11.2. The topological polar surface area (TPSA) is 30.7 Å². The number of fused-ring (bicyclic) bond motifs is 3. The van der Waals surface area contributed by atoms with Gasteiger partial charge in [0.25, 0.3) is 0 Å². The van der Waals surface area contributed by atoms with Crippen LogP contribution in [-0.4, -0.2) is 30.7 Å². The van der Waals surface area contributed by atoms with Crippen LogP contribution in [0.25, 0.3) is 106 Å². The van der Waals surface area contributed by atoms with Crippen molar-refractivity contribution in [1.29, 1.82) is 0 Å². The maximum absolute atomic E-state index is 5.98. The van der Waals surface area contributed by atoms with Crippen molar-refractivity contribution in [3.63, 3.8) is 0 Å². The Hall–Kier alpha value is -12.4. The van der Waals surface area contributed by atoms with E-state index in [2.05, 4.69) is 411 Å². The van der Waals surface area contributed by atoms with Gasteiger partial charge < -0.3 is 0 Å². The van der Waals surface area contributed by atoms with Gasteiger partial charge in [0.05, 0.1) is 16.7 Å². The summed E-state index contributed by atoms with van der Waals surface area (Å²) in [6, 6.07) is 151. The van der Waals surface area contributed by atoms with Gasteiger partial charge in [-0.15, -0.1) is 0 Å². The number of aromatic nitrogens is 3. The molecule has 17 rings (SSSR count). The predicted molar refractivity (Wildman–Crippen MR) is 422 cm³/mol. The smallest absolute Gasteiger partial charge is 0.179 e. The minimum atomic E-state index is -3.62. The van der Waals surface area contributed by atoms with Crippen molar-refractivity contribution in [3.05, 3.63) is 406 Å². The first kappa shape index (κ1) is 60.3. The molecule has 466 valence electrons. The number of hydrogen-bond donors (Lipinski definition) is 0. The van der Waals surface area contributed by atoms with Gasteiger partial charge in [0.2, 0.25) is 0 Å².